The van der Waals surface area contributed by atoms with Gasteiger partial charge >= 0.3 is 6.18 Å². The van der Waals surface area contributed by atoms with E-state index in [0.29, 0.717) is 18.1 Å². The monoisotopic (exact) mass is 275 g/mol. The van der Waals surface area contributed by atoms with Gasteiger partial charge in [0.05, 0.1) is 0 Å². The van der Waals surface area contributed by atoms with Gasteiger partial charge in [0.25, 0.3) is 5.91 Å². The van der Waals surface area contributed by atoms with Crippen molar-refractivity contribution in [1.82, 2.24) is 10.3 Å². The maximum absolute atomic E-state index is 12.0. The Morgan fingerprint density at radius 3 is 2.63 bits per heavy atom. The number of anilines is 1. The first kappa shape index (κ1) is 15.3. The van der Waals surface area contributed by atoms with Crippen molar-refractivity contribution in [3.05, 3.63) is 23.4 Å². The molecule has 0 fully saturated rings. The molecule has 0 bridgehead atoms. The number of aromatic nitrogens is 1. The van der Waals surface area contributed by atoms with Crippen LogP contribution in [-0.4, -0.2) is 30.2 Å². The molecular weight excluding hydrogens is 259 g/mol. The van der Waals surface area contributed by atoms with Crippen LogP contribution in [0.5, 0.6) is 0 Å². The maximum atomic E-state index is 12.0. The van der Waals surface area contributed by atoms with Gasteiger partial charge in [-0.25, -0.2) is 4.98 Å². The molecule has 0 radical (unpaired) electrons. The van der Waals surface area contributed by atoms with Crippen LogP contribution in [-0.2, 0) is 0 Å². The van der Waals surface area contributed by atoms with Crippen molar-refractivity contribution in [2.75, 3.05) is 18.4 Å². The second kappa shape index (κ2) is 6.40. The first-order valence-electron chi connectivity index (χ1n) is 5.89. The smallest absolute Gasteiger partial charge is 0.370 e. The number of carbonyl (C=O) groups is 1. The van der Waals surface area contributed by atoms with Gasteiger partial charge in [0.1, 0.15) is 12.4 Å². The SMILES string of the molecule is CCCNc1cc(C(=O)NCC(F)(F)F)cc(C)n1. The van der Waals surface area contributed by atoms with Crippen molar-refractivity contribution in [2.45, 2.75) is 26.4 Å². The third-order valence-corrected chi connectivity index (χ3v) is 2.22. The number of nitrogens with zero attached hydrogens (tertiary/aromatic N) is 1. The molecule has 0 aliphatic carbocycles. The van der Waals surface area contributed by atoms with Crippen molar-refractivity contribution >= 4 is 11.7 Å². The average molecular weight is 275 g/mol. The largest absolute Gasteiger partial charge is 0.405 e. The molecule has 0 aliphatic rings. The first-order chi connectivity index (χ1) is 8.81. The molecule has 0 atom stereocenters. The molecule has 4 nitrogen and oxygen atoms in total. The third kappa shape index (κ3) is 5.58. The number of amides is 1. The highest BCUT2D eigenvalue weighted by atomic mass is 19.4. The Kier molecular flexibility index (Phi) is 5.14. The summed E-state index contributed by atoms with van der Waals surface area (Å²) >= 11 is 0. The normalized spacial score (nSPS) is 11.2. The highest BCUT2D eigenvalue weighted by Gasteiger charge is 2.28. The lowest BCUT2D eigenvalue weighted by Gasteiger charge is -2.10. The van der Waals surface area contributed by atoms with Gasteiger partial charge in [-0.15, -0.1) is 0 Å². The van der Waals surface area contributed by atoms with Crippen LogP contribution in [0, 0.1) is 6.92 Å². The third-order valence-electron chi connectivity index (χ3n) is 2.22. The Morgan fingerprint density at radius 1 is 1.37 bits per heavy atom. The highest BCUT2D eigenvalue weighted by Crippen LogP contribution is 2.14. The van der Waals surface area contributed by atoms with E-state index in [0.717, 1.165) is 6.42 Å². The summed E-state index contributed by atoms with van der Waals surface area (Å²) in [5, 5.41) is 4.82. The van der Waals surface area contributed by atoms with Crippen LogP contribution in [0.4, 0.5) is 19.0 Å². The minimum absolute atomic E-state index is 0.162. The molecule has 1 rings (SSSR count). The molecule has 0 saturated carbocycles. The molecule has 106 valence electrons. The summed E-state index contributed by atoms with van der Waals surface area (Å²) in [4.78, 5) is 15.8. The Morgan fingerprint density at radius 2 is 2.05 bits per heavy atom. The number of halogens is 3. The molecular formula is C12H16F3N3O. The van der Waals surface area contributed by atoms with Gasteiger partial charge in [0, 0.05) is 17.8 Å². The summed E-state index contributed by atoms with van der Waals surface area (Å²) in [6.45, 7) is 2.99. The minimum Gasteiger partial charge on any atom is -0.370 e. The van der Waals surface area contributed by atoms with E-state index < -0.39 is 18.6 Å². The number of pyridine rings is 1. The molecule has 1 heterocycles. The van der Waals surface area contributed by atoms with Crippen molar-refractivity contribution in [3.8, 4) is 0 Å². The van der Waals surface area contributed by atoms with Crippen LogP contribution in [0.15, 0.2) is 12.1 Å². The lowest BCUT2D eigenvalue weighted by molar-refractivity contribution is -0.123. The number of hydrogen-bond acceptors (Lipinski definition) is 3. The summed E-state index contributed by atoms with van der Waals surface area (Å²) in [7, 11) is 0. The standard InChI is InChI=1S/C12H16F3N3O/c1-3-4-16-10-6-9(5-8(2)18-10)11(19)17-7-12(13,14)15/h5-6H,3-4,7H2,1-2H3,(H,16,18)(H,17,19). The first-order valence-corrected chi connectivity index (χ1v) is 5.89. The number of alkyl halides is 3. The van der Waals surface area contributed by atoms with Crippen LogP contribution < -0.4 is 10.6 Å². The van der Waals surface area contributed by atoms with Gasteiger partial charge in [0.2, 0.25) is 0 Å². The van der Waals surface area contributed by atoms with E-state index in [1.807, 2.05) is 12.2 Å². The molecule has 19 heavy (non-hydrogen) atoms. The fraction of sp³-hybridized carbons (Fsp3) is 0.500. The zero-order valence-electron chi connectivity index (χ0n) is 10.8. The molecule has 1 aromatic rings. The predicted molar refractivity (Wildman–Crippen MR) is 66.1 cm³/mol. The van der Waals surface area contributed by atoms with Crippen LogP contribution in [0.25, 0.3) is 0 Å². The fourth-order valence-corrected chi connectivity index (χ4v) is 1.43. The van der Waals surface area contributed by atoms with Gasteiger partial charge in [0.15, 0.2) is 0 Å². The average Bonchev–Trinajstić information content (AvgIpc) is 2.31. The topological polar surface area (TPSA) is 54.0 Å². The van der Waals surface area contributed by atoms with Gasteiger partial charge < -0.3 is 10.6 Å². The van der Waals surface area contributed by atoms with E-state index in [4.69, 9.17) is 0 Å². The quantitative estimate of drug-likeness (QED) is 0.868. The maximum Gasteiger partial charge on any atom is 0.405 e. The number of aryl methyl sites for hydroxylation is 1. The number of hydrogen-bond donors (Lipinski definition) is 2. The summed E-state index contributed by atoms with van der Waals surface area (Å²) in [5.74, 6) is -0.276. The van der Waals surface area contributed by atoms with Gasteiger partial charge in [-0.3, -0.25) is 4.79 Å². The predicted octanol–water partition coefficient (Wildman–Crippen LogP) is 2.50. The Labute approximate surface area is 109 Å². The van der Waals surface area contributed by atoms with Crippen LogP contribution in [0.2, 0.25) is 0 Å². The molecule has 1 aromatic heterocycles. The Bertz CT molecular complexity index is 446. The number of rotatable bonds is 5. The fourth-order valence-electron chi connectivity index (χ4n) is 1.43. The molecule has 1 amide bonds. The number of carbonyl (C=O) groups excluding carboxylic acids is 1. The van der Waals surface area contributed by atoms with E-state index in [9.17, 15) is 18.0 Å². The molecule has 0 aliphatic heterocycles. The number of nitrogens with one attached hydrogen (secondary N) is 2. The highest BCUT2D eigenvalue weighted by molar-refractivity contribution is 5.95. The summed E-state index contributed by atoms with van der Waals surface area (Å²) in [6, 6.07) is 2.89. The van der Waals surface area contributed by atoms with Gasteiger partial charge in [-0.2, -0.15) is 13.2 Å². The lowest BCUT2D eigenvalue weighted by atomic mass is 10.2. The Hall–Kier alpha value is -1.79. The van der Waals surface area contributed by atoms with E-state index >= 15 is 0 Å². The van der Waals surface area contributed by atoms with E-state index in [-0.39, 0.29) is 5.56 Å². The molecule has 0 aromatic carbocycles. The van der Waals surface area contributed by atoms with Crippen molar-refractivity contribution in [2.24, 2.45) is 0 Å². The van der Waals surface area contributed by atoms with Crippen molar-refractivity contribution < 1.29 is 18.0 Å². The van der Waals surface area contributed by atoms with Crippen LogP contribution in [0.3, 0.4) is 0 Å². The summed E-state index contributed by atoms with van der Waals surface area (Å²) < 4.78 is 36.1. The summed E-state index contributed by atoms with van der Waals surface area (Å²) in [5.41, 5.74) is 0.730. The van der Waals surface area contributed by atoms with Crippen molar-refractivity contribution in [1.29, 1.82) is 0 Å². The second-order valence-electron chi connectivity index (χ2n) is 4.11. The second-order valence-corrected chi connectivity index (χ2v) is 4.11. The van der Waals surface area contributed by atoms with Gasteiger partial charge in [-0.1, -0.05) is 6.92 Å². The molecule has 0 saturated heterocycles. The van der Waals surface area contributed by atoms with E-state index in [2.05, 4.69) is 10.3 Å². The minimum atomic E-state index is -4.42. The Balaban J connectivity index is 2.76. The van der Waals surface area contributed by atoms with E-state index in [1.54, 1.807) is 6.92 Å². The molecule has 2 N–H and O–H groups in total. The zero-order valence-corrected chi connectivity index (χ0v) is 10.8. The molecule has 0 unspecified atom stereocenters. The van der Waals surface area contributed by atoms with Crippen LogP contribution >= 0.6 is 0 Å². The van der Waals surface area contributed by atoms with E-state index in [1.165, 1.54) is 12.1 Å². The van der Waals surface area contributed by atoms with Gasteiger partial charge in [-0.05, 0) is 25.5 Å². The summed E-state index contributed by atoms with van der Waals surface area (Å²) in [6.07, 6.45) is -3.54. The lowest BCUT2D eigenvalue weighted by Crippen LogP contribution is -2.33. The zero-order chi connectivity index (χ0) is 14.5. The van der Waals surface area contributed by atoms with Crippen molar-refractivity contribution in [3.63, 3.8) is 0 Å². The molecule has 7 heteroatoms. The molecule has 0 spiro atoms. The van der Waals surface area contributed by atoms with Crippen LogP contribution in [0.1, 0.15) is 29.4 Å².